The summed E-state index contributed by atoms with van der Waals surface area (Å²) in [5.74, 6) is -0.185. The fourth-order valence-electron chi connectivity index (χ4n) is 3.95. The molecule has 14 heteroatoms. The summed E-state index contributed by atoms with van der Waals surface area (Å²) < 4.78 is 54.9. The van der Waals surface area contributed by atoms with Crippen molar-refractivity contribution in [3.05, 3.63) is 53.2 Å². The SMILES string of the molecule is CN1CCC(C(=O)Nc2nc3ccc(N(S(=O)(=O)c4cccs4)S(=O)(=O)c4cccs4)cc3s2)CC1. The largest absolute Gasteiger partial charge is 0.306 e. The number of carbonyl (C=O) groups is 1. The minimum atomic E-state index is -4.41. The number of piperidine rings is 1. The lowest BCUT2D eigenvalue weighted by Crippen LogP contribution is -2.36. The molecule has 1 saturated heterocycles. The van der Waals surface area contributed by atoms with E-state index < -0.39 is 20.0 Å². The molecule has 1 aliphatic rings. The molecule has 0 radical (unpaired) electrons. The molecule has 3 aromatic heterocycles. The Bertz CT molecular complexity index is 1520. The quantitative estimate of drug-likeness (QED) is 0.346. The van der Waals surface area contributed by atoms with Crippen LogP contribution in [0.15, 0.2) is 61.6 Å². The van der Waals surface area contributed by atoms with Gasteiger partial charge < -0.3 is 10.2 Å². The molecule has 1 N–H and O–H groups in total. The van der Waals surface area contributed by atoms with E-state index in [1.807, 2.05) is 7.05 Å². The third-order valence-electron chi connectivity index (χ3n) is 5.84. The molecule has 1 aliphatic heterocycles. The van der Waals surface area contributed by atoms with Crippen molar-refractivity contribution in [2.75, 3.05) is 29.2 Å². The van der Waals surface area contributed by atoms with Crippen LogP contribution >= 0.6 is 34.0 Å². The molecule has 36 heavy (non-hydrogen) atoms. The number of nitrogens with one attached hydrogen (secondary N) is 1. The lowest BCUT2D eigenvalue weighted by atomic mass is 9.96. The fraction of sp³-hybridized carbons (Fsp3) is 0.273. The average Bonchev–Trinajstić information content (AvgIpc) is 3.60. The highest BCUT2D eigenvalue weighted by Crippen LogP contribution is 2.37. The Morgan fingerprint density at radius 2 is 1.61 bits per heavy atom. The van der Waals surface area contributed by atoms with Crippen LogP contribution in [0.25, 0.3) is 10.2 Å². The first-order valence-corrected chi connectivity index (χ1v) is 16.4. The summed E-state index contributed by atoms with van der Waals surface area (Å²) in [4.78, 5) is 19.4. The minimum Gasteiger partial charge on any atom is -0.306 e. The average molecular weight is 583 g/mol. The molecule has 1 fully saturated rings. The number of hydrogen-bond donors (Lipinski definition) is 1. The second-order valence-corrected chi connectivity index (χ2v) is 15.5. The zero-order valence-electron chi connectivity index (χ0n) is 19.0. The van der Waals surface area contributed by atoms with Gasteiger partial charge in [-0.2, -0.15) is 20.5 Å². The van der Waals surface area contributed by atoms with Crippen molar-refractivity contribution in [3.63, 3.8) is 0 Å². The van der Waals surface area contributed by atoms with Gasteiger partial charge in [-0.15, -0.1) is 22.7 Å². The lowest BCUT2D eigenvalue weighted by molar-refractivity contribution is -0.121. The predicted octanol–water partition coefficient (Wildman–Crippen LogP) is 4.28. The molecule has 0 saturated carbocycles. The van der Waals surface area contributed by atoms with E-state index >= 15 is 0 Å². The number of aromatic nitrogens is 1. The topological polar surface area (TPSA) is 117 Å². The number of nitrogens with zero attached hydrogens (tertiary/aromatic N) is 3. The summed E-state index contributed by atoms with van der Waals surface area (Å²) in [6.45, 7) is 1.71. The highest BCUT2D eigenvalue weighted by molar-refractivity contribution is 8.11. The van der Waals surface area contributed by atoms with Gasteiger partial charge in [0.1, 0.15) is 8.42 Å². The van der Waals surface area contributed by atoms with Gasteiger partial charge in [-0.05, 0) is 74.1 Å². The van der Waals surface area contributed by atoms with E-state index in [-0.39, 0.29) is 25.9 Å². The third kappa shape index (κ3) is 4.80. The molecule has 1 amide bonds. The summed E-state index contributed by atoms with van der Waals surface area (Å²) in [6, 6.07) is 10.3. The molecule has 9 nitrogen and oxygen atoms in total. The molecule has 0 spiro atoms. The van der Waals surface area contributed by atoms with Crippen molar-refractivity contribution >= 4 is 81.0 Å². The van der Waals surface area contributed by atoms with Crippen LogP contribution in [0.1, 0.15) is 12.8 Å². The summed E-state index contributed by atoms with van der Waals surface area (Å²) >= 11 is 3.06. The molecule has 4 heterocycles. The van der Waals surface area contributed by atoms with Crippen LogP contribution in [-0.2, 0) is 24.8 Å². The number of sulfonamides is 2. The molecular weight excluding hydrogens is 561 g/mol. The van der Waals surface area contributed by atoms with E-state index in [0.717, 1.165) is 48.6 Å². The van der Waals surface area contributed by atoms with Crippen molar-refractivity contribution in [1.82, 2.24) is 9.88 Å². The smallest absolute Gasteiger partial charge is 0.287 e. The highest BCUT2D eigenvalue weighted by atomic mass is 32.3. The molecule has 0 unspecified atom stereocenters. The van der Waals surface area contributed by atoms with E-state index in [9.17, 15) is 21.6 Å². The van der Waals surface area contributed by atoms with Gasteiger partial charge in [-0.25, -0.2) is 4.98 Å². The first kappa shape index (κ1) is 25.3. The number of rotatable bonds is 7. The number of likely N-dealkylation sites (tertiary alicyclic amines) is 1. The molecular formula is C22H22N4O5S5. The van der Waals surface area contributed by atoms with Crippen molar-refractivity contribution in [1.29, 1.82) is 0 Å². The van der Waals surface area contributed by atoms with Crippen LogP contribution in [0, 0.1) is 5.92 Å². The first-order chi connectivity index (χ1) is 17.2. The molecule has 1 aromatic carbocycles. The standard InChI is InChI=1S/C22H22N4O5S5/c1-25-10-8-15(9-11-25)21(27)24-22-23-17-7-6-16(14-18(17)34-22)26(35(28,29)19-4-2-12-32-19)36(30,31)20-5-3-13-33-20/h2-7,12-15H,8-11H2,1H3,(H,23,24,27). The molecule has 0 bridgehead atoms. The van der Waals surface area contributed by atoms with Crippen molar-refractivity contribution in [2.24, 2.45) is 5.92 Å². The Labute approximate surface area is 221 Å². The van der Waals surface area contributed by atoms with Crippen LogP contribution in [0.5, 0.6) is 0 Å². The molecule has 0 atom stereocenters. The Morgan fingerprint density at radius 1 is 1.00 bits per heavy atom. The monoisotopic (exact) mass is 582 g/mol. The maximum Gasteiger partial charge on any atom is 0.287 e. The van der Waals surface area contributed by atoms with Crippen molar-refractivity contribution in [3.8, 4) is 0 Å². The number of amides is 1. The Morgan fingerprint density at radius 3 is 2.17 bits per heavy atom. The zero-order valence-corrected chi connectivity index (χ0v) is 23.1. The zero-order chi connectivity index (χ0) is 25.5. The van der Waals surface area contributed by atoms with E-state index in [0.29, 0.717) is 19.1 Å². The van der Waals surface area contributed by atoms with Crippen LogP contribution in [-0.4, -0.2) is 52.8 Å². The van der Waals surface area contributed by atoms with Crippen LogP contribution in [0.4, 0.5) is 10.8 Å². The molecule has 0 aliphatic carbocycles. The number of anilines is 2. The summed E-state index contributed by atoms with van der Waals surface area (Å²) in [7, 11) is -6.80. The second kappa shape index (κ2) is 9.84. The van der Waals surface area contributed by atoms with E-state index in [1.54, 1.807) is 29.0 Å². The number of benzene rings is 1. The normalized spacial score (nSPS) is 15.8. The third-order valence-corrected chi connectivity index (χ3v) is 13.7. The number of hydrogen-bond acceptors (Lipinski definition) is 10. The van der Waals surface area contributed by atoms with Crippen molar-refractivity contribution < 1.29 is 21.6 Å². The van der Waals surface area contributed by atoms with Crippen LogP contribution in [0.2, 0.25) is 0 Å². The highest BCUT2D eigenvalue weighted by Gasteiger charge is 2.38. The lowest BCUT2D eigenvalue weighted by Gasteiger charge is -2.27. The van der Waals surface area contributed by atoms with Gasteiger partial charge >= 0.3 is 0 Å². The predicted molar refractivity (Wildman–Crippen MR) is 144 cm³/mol. The van der Waals surface area contributed by atoms with Crippen LogP contribution < -0.4 is 9.03 Å². The van der Waals surface area contributed by atoms with Gasteiger partial charge in [0.2, 0.25) is 5.91 Å². The van der Waals surface area contributed by atoms with E-state index in [4.69, 9.17) is 0 Å². The van der Waals surface area contributed by atoms with Crippen LogP contribution in [0.3, 0.4) is 0 Å². The van der Waals surface area contributed by atoms with E-state index in [1.165, 1.54) is 35.6 Å². The van der Waals surface area contributed by atoms with Crippen molar-refractivity contribution in [2.45, 2.75) is 21.3 Å². The Hall–Kier alpha value is -2.36. The van der Waals surface area contributed by atoms with Gasteiger partial charge in [0.05, 0.1) is 15.9 Å². The minimum absolute atomic E-state index is 0.0267. The van der Waals surface area contributed by atoms with Gasteiger partial charge in [0, 0.05) is 5.92 Å². The number of carbonyl (C=O) groups excluding carboxylic acids is 1. The first-order valence-electron chi connectivity index (χ1n) is 10.9. The van der Waals surface area contributed by atoms with E-state index in [2.05, 4.69) is 15.2 Å². The molecule has 4 aromatic rings. The van der Waals surface area contributed by atoms with Gasteiger partial charge in [-0.1, -0.05) is 23.5 Å². The summed E-state index contributed by atoms with van der Waals surface area (Å²) in [6.07, 6.45) is 1.54. The summed E-state index contributed by atoms with van der Waals surface area (Å²) in [5, 5.41) is 6.42. The molecule has 5 rings (SSSR count). The maximum absolute atomic E-state index is 13.5. The Balaban J connectivity index is 1.51. The summed E-state index contributed by atoms with van der Waals surface area (Å²) in [5.41, 5.74) is 0.505. The number of fused-ring (bicyclic) bond motifs is 1. The van der Waals surface area contributed by atoms with Gasteiger partial charge in [-0.3, -0.25) is 4.79 Å². The Kier molecular flexibility index (Phi) is 6.91. The fourth-order valence-corrected chi connectivity index (χ4v) is 10.9. The number of thiophene rings is 2. The number of thiazole rings is 1. The maximum atomic E-state index is 13.5. The molecule has 190 valence electrons. The second-order valence-electron chi connectivity index (χ2n) is 8.31. The van der Waals surface area contributed by atoms with Gasteiger partial charge in [0.25, 0.3) is 20.0 Å². The van der Waals surface area contributed by atoms with Gasteiger partial charge in [0.15, 0.2) is 5.13 Å².